The zero-order valence-corrected chi connectivity index (χ0v) is 14.2. The van der Waals surface area contributed by atoms with Crippen molar-refractivity contribution in [1.82, 2.24) is 10.2 Å². The Balaban J connectivity index is 1.86. The number of hydrogen-bond acceptors (Lipinski definition) is 5. The van der Waals surface area contributed by atoms with E-state index in [4.69, 9.17) is 23.2 Å². The third-order valence-corrected chi connectivity index (χ3v) is 3.66. The molecule has 1 aromatic heterocycles. The Morgan fingerprint density at radius 1 is 1.16 bits per heavy atom. The molecular formula is C17H11Cl2N5O. The van der Waals surface area contributed by atoms with Gasteiger partial charge >= 0.3 is 0 Å². The fourth-order valence-corrected chi connectivity index (χ4v) is 2.61. The molecule has 8 heteroatoms. The topological polar surface area (TPSA) is 97.1 Å². The molecule has 0 spiro atoms. The maximum absolute atomic E-state index is 9.40. The molecule has 3 N–H and O–H groups in total. The monoisotopic (exact) mass is 371 g/mol. The fourth-order valence-electron chi connectivity index (χ4n) is 2.09. The molecule has 0 unspecified atom stereocenters. The molecule has 6 nitrogen and oxygen atoms in total. The standard InChI is InChI=1S/C17H11Cl2N5O/c18-11-5-12(19)7-13(6-11)22-17-15(8-20)16(23-24-17)21-9-10-1-3-14(25)4-2-10/h1-7,9,25H,(H2,22,23,24). The zero-order chi connectivity index (χ0) is 17.8. The first kappa shape index (κ1) is 16.8. The van der Waals surface area contributed by atoms with Gasteiger partial charge in [-0.2, -0.15) is 10.4 Å². The smallest absolute Gasteiger partial charge is 0.193 e. The number of aliphatic imine (C=N–C) groups is 1. The minimum atomic E-state index is 0.168. The summed E-state index contributed by atoms with van der Waals surface area (Å²) in [6.45, 7) is 0. The van der Waals surface area contributed by atoms with Crippen LogP contribution in [-0.4, -0.2) is 21.5 Å². The minimum Gasteiger partial charge on any atom is -0.508 e. The average Bonchev–Trinajstić information content (AvgIpc) is 2.95. The molecule has 0 saturated carbocycles. The van der Waals surface area contributed by atoms with E-state index in [1.807, 2.05) is 0 Å². The molecule has 0 amide bonds. The number of H-pyrrole nitrogens is 1. The highest BCUT2D eigenvalue weighted by molar-refractivity contribution is 6.35. The van der Waals surface area contributed by atoms with Crippen LogP contribution in [-0.2, 0) is 0 Å². The number of nitrogens with zero attached hydrogens (tertiary/aromatic N) is 3. The molecule has 0 saturated heterocycles. The summed E-state index contributed by atoms with van der Waals surface area (Å²) in [6.07, 6.45) is 1.55. The number of aromatic nitrogens is 2. The first-order valence-electron chi connectivity index (χ1n) is 7.10. The quantitative estimate of drug-likeness (QED) is 0.574. The van der Waals surface area contributed by atoms with Crippen LogP contribution in [0, 0.1) is 11.3 Å². The summed E-state index contributed by atoms with van der Waals surface area (Å²) in [4.78, 5) is 4.21. The van der Waals surface area contributed by atoms with E-state index in [1.165, 1.54) is 0 Å². The minimum absolute atomic E-state index is 0.168. The third-order valence-electron chi connectivity index (χ3n) is 3.22. The van der Waals surface area contributed by atoms with Crippen molar-refractivity contribution in [3.63, 3.8) is 0 Å². The first-order chi connectivity index (χ1) is 12.0. The van der Waals surface area contributed by atoms with Crippen LogP contribution in [0.1, 0.15) is 11.1 Å². The largest absolute Gasteiger partial charge is 0.508 e. The number of phenolic OH excluding ortho intramolecular Hbond substituents is 1. The number of rotatable bonds is 4. The summed E-state index contributed by atoms with van der Waals surface area (Å²) in [7, 11) is 0. The highest BCUT2D eigenvalue weighted by atomic mass is 35.5. The van der Waals surface area contributed by atoms with Crippen LogP contribution in [0.15, 0.2) is 47.5 Å². The molecule has 2 aromatic carbocycles. The van der Waals surface area contributed by atoms with Crippen LogP contribution >= 0.6 is 23.2 Å². The number of benzene rings is 2. The lowest BCUT2D eigenvalue weighted by atomic mass is 10.2. The van der Waals surface area contributed by atoms with Gasteiger partial charge in [-0.3, -0.25) is 5.10 Å². The van der Waals surface area contributed by atoms with Crippen LogP contribution in [0.3, 0.4) is 0 Å². The molecule has 0 aliphatic carbocycles. The summed E-state index contributed by atoms with van der Waals surface area (Å²) in [5.74, 6) is 0.797. The Morgan fingerprint density at radius 3 is 2.48 bits per heavy atom. The van der Waals surface area contributed by atoms with Gasteiger partial charge in [0.2, 0.25) is 0 Å². The second-order valence-electron chi connectivity index (χ2n) is 5.04. The second kappa shape index (κ2) is 7.26. The van der Waals surface area contributed by atoms with Crippen molar-refractivity contribution < 1.29 is 5.11 Å². The van der Waals surface area contributed by atoms with E-state index < -0.39 is 0 Å². The molecular weight excluding hydrogens is 361 g/mol. The van der Waals surface area contributed by atoms with Gasteiger partial charge in [-0.15, -0.1) is 0 Å². The normalized spacial score (nSPS) is 10.8. The summed E-state index contributed by atoms with van der Waals surface area (Å²) in [6, 6.07) is 13.5. The van der Waals surface area contributed by atoms with Crippen LogP contribution < -0.4 is 5.32 Å². The zero-order valence-electron chi connectivity index (χ0n) is 12.7. The van der Waals surface area contributed by atoms with Crippen LogP contribution in [0.5, 0.6) is 5.75 Å². The first-order valence-corrected chi connectivity index (χ1v) is 7.85. The number of anilines is 2. The summed E-state index contributed by atoms with van der Waals surface area (Å²) in [5.41, 5.74) is 1.64. The van der Waals surface area contributed by atoms with E-state index in [0.29, 0.717) is 21.6 Å². The Kier molecular flexibility index (Phi) is 4.89. The summed E-state index contributed by atoms with van der Waals surface area (Å²) < 4.78 is 0. The second-order valence-corrected chi connectivity index (χ2v) is 5.91. The molecule has 3 aromatic rings. The van der Waals surface area contributed by atoms with Crippen molar-refractivity contribution in [3.8, 4) is 11.8 Å². The van der Waals surface area contributed by atoms with E-state index in [-0.39, 0.29) is 17.1 Å². The number of hydrogen-bond donors (Lipinski definition) is 3. The molecule has 3 rings (SSSR count). The van der Waals surface area contributed by atoms with E-state index in [9.17, 15) is 10.4 Å². The van der Waals surface area contributed by atoms with Crippen molar-refractivity contribution in [2.45, 2.75) is 0 Å². The Bertz CT molecular complexity index is 953. The van der Waals surface area contributed by atoms with Crippen LogP contribution in [0.25, 0.3) is 0 Å². The molecule has 0 bridgehead atoms. The number of phenols is 1. The lowest BCUT2D eigenvalue weighted by Gasteiger charge is -2.05. The predicted molar refractivity (Wildman–Crippen MR) is 98.4 cm³/mol. The molecule has 0 atom stereocenters. The number of nitrogens with one attached hydrogen (secondary N) is 2. The number of aromatic amines is 1. The van der Waals surface area contributed by atoms with Gasteiger partial charge in [0, 0.05) is 21.9 Å². The van der Waals surface area contributed by atoms with E-state index >= 15 is 0 Å². The molecule has 25 heavy (non-hydrogen) atoms. The van der Waals surface area contributed by atoms with E-state index in [0.717, 1.165) is 5.56 Å². The van der Waals surface area contributed by atoms with Crippen molar-refractivity contribution in [1.29, 1.82) is 5.26 Å². The van der Waals surface area contributed by atoms with Gasteiger partial charge in [0.05, 0.1) is 0 Å². The summed E-state index contributed by atoms with van der Waals surface area (Å²) >= 11 is 11.9. The van der Waals surface area contributed by atoms with Gasteiger partial charge < -0.3 is 10.4 Å². The Hall–Kier alpha value is -3.01. The average molecular weight is 372 g/mol. The molecule has 0 aliphatic rings. The number of nitriles is 1. The lowest BCUT2D eigenvalue weighted by molar-refractivity contribution is 0.475. The van der Waals surface area contributed by atoms with Gasteiger partial charge in [0.15, 0.2) is 5.82 Å². The van der Waals surface area contributed by atoms with Crippen molar-refractivity contribution >= 4 is 46.7 Å². The van der Waals surface area contributed by atoms with E-state index in [2.05, 4.69) is 26.6 Å². The molecule has 124 valence electrons. The SMILES string of the molecule is N#Cc1c(N=Cc2ccc(O)cc2)n[nH]c1Nc1cc(Cl)cc(Cl)c1. The lowest BCUT2D eigenvalue weighted by Crippen LogP contribution is -1.93. The van der Waals surface area contributed by atoms with Crippen LogP contribution in [0.4, 0.5) is 17.3 Å². The fraction of sp³-hybridized carbons (Fsp3) is 0. The number of aromatic hydroxyl groups is 1. The van der Waals surface area contributed by atoms with Gasteiger partial charge in [0.1, 0.15) is 23.2 Å². The third kappa shape index (κ3) is 4.10. The maximum Gasteiger partial charge on any atom is 0.193 e. The molecule has 0 aliphatic heterocycles. The molecule has 1 heterocycles. The van der Waals surface area contributed by atoms with Gasteiger partial charge in [-0.25, -0.2) is 4.99 Å². The molecule has 0 fully saturated rings. The Labute approximate surface area is 153 Å². The maximum atomic E-state index is 9.40. The molecule has 0 radical (unpaired) electrons. The highest BCUT2D eigenvalue weighted by Crippen LogP contribution is 2.29. The summed E-state index contributed by atoms with van der Waals surface area (Å²) in [5, 5.41) is 29.4. The van der Waals surface area contributed by atoms with E-state index in [1.54, 1.807) is 48.7 Å². The predicted octanol–water partition coefficient (Wildman–Crippen LogP) is 4.79. The van der Waals surface area contributed by atoms with Crippen molar-refractivity contribution in [2.24, 2.45) is 4.99 Å². The highest BCUT2D eigenvalue weighted by Gasteiger charge is 2.12. The van der Waals surface area contributed by atoms with Crippen molar-refractivity contribution in [3.05, 3.63) is 63.6 Å². The number of halogens is 2. The van der Waals surface area contributed by atoms with Gasteiger partial charge in [-0.05, 0) is 48.0 Å². The Morgan fingerprint density at radius 2 is 1.84 bits per heavy atom. The van der Waals surface area contributed by atoms with Crippen molar-refractivity contribution in [2.75, 3.05) is 5.32 Å². The van der Waals surface area contributed by atoms with Gasteiger partial charge in [0.25, 0.3) is 0 Å². The van der Waals surface area contributed by atoms with Crippen LogP contribution in [0.2, 0.25) is 10.0 Å². The van der Waals surface area contributed by atoms with Gasteiger partial charge in [-0.1, -0.05) is 23.2 Å².